The molecule has 1 aromatic rings. The van der Waals surface area contributed by atoms with Gasteiger partial charge in [-0.2, -0.15) is 0 Å². The van der Waals surface area contributed by atoms with Crippen molar-refractivity contribution in [3.05, 3.63) is 22.7 Å². The molecule has 0 radical (unpaired) electrons. The standard InChI is InChI=1S/C8H7BrO2/c1-5-10-7-3-2-6(9)4-8(7)11-5/h2-5H,1H3. The summed E-state index contributed by atoms with van der Waals surface area (Å²) in [5.74, 6) is 1.63. The van der Waals surface area contributed by atoms with Gasteiger partial charge in [0.25, 0.3) is 0 Å². The van der Waals surface area contributed by atoms with Crippen molar-refractivity contribution in [2.24, 2.45) is 0 Å². The van der Waals surface area contributed by atoms with Crippen LogP contribution >= 0.6 is 15.9 Å². The van der Waals surface area contributed by atoms with E-state index < -0.39 is 0 Å². The molecule has 0 fully saturated rings. The van der Waals surface area contributed by atoms with Crippen LogP contribution in [0.5, 0.6) is 11.5 Å². The van der Waals surface area contributed by atoms with E-state index in [1.54, 1.807) is 0 Å². The van der Waals surface area contributed by atoms with Crippen LogP contribution in [0.2, 0.25) is 0 Å². The van der Waals surface area contributed by atoms with Crippen molar-refractivity contribution in [2.45, 2.75) is 13.2 Å². The largest absolute Gasteiger partial charge is 0.451 e. The molecule has 1 unspecified atom stereocenters. The van der Waals surface area contributed by atoms with E-state index in [0.29, 0.717) is 0 Å². The van der Waals surface area contributed by atoms with Crippen molar-refractivity contribution in [3.8, 4) is 11.5 Å². The van der Waals surface area contributed by atoms with Crippen molar-refractivity contribution in [1.29, 1.82) is 0 Å². The van der Waals surface area contributed by atoms with Gasteiger partial charge in [-0.25, -0.2) is 0 Å². The minimum absolute atomic E-state index is 0.153. The Hall–Kier alpha value is -0.700. The molecule has 1 aliphatic heterocycles. The Kier molecular flexibility index (Phi) is 1.53. The van der Waals surface area contributed by atoms with Gasteiger partial charge < -0.3 is 9.47 Å². The summed E-state index contributed by atoms with van der Waals surface area (Å²) in [4.78, 5) is 0. The molecule has 58 valence electrons. The van der Waals surface area contributed by atoms with Gasteiger partial charge in [0.1, 0.15) is 0 Å². The summed E-state index contributed by atoms with van der Waals surface area (Å²) in [6, 6.07) is 5.72. The maximum atomic E-state index is 5.34. The van der Waals surface area contributed by atoms with E-state index in [1.807, 2.05) is 25.1 Å². The van der Waals surface area contributed by atoms with Crippen LogP contribution in [0.3, 0.4) is 0 Å². The highest BCUT2D eigenvalue weighted by Gasteiger charge is 2.19. The van der Waals surface area contributed by atoms with E-state index in [9.17, 15) is 0 Å². The van der Waals surface area contributed by atoms with Gasteiger partial charge in [0.15, 0.2) is 11.5 Å². The van der Waals surface area contributed by atoms with Crippen LogP contribution in [-0.4, -0.2) is 6.29 Å². The highest BCUT2D eigenvalue weighted by Crippen LogP contribution is 2.36. The lowest BCUT2D eigenvalue weighted by Crippen LogP contribution is -2.11. The van der Waals surface area contributed by atoms with Crippen LogP contribution in [0.1, 0.15) is 6.92 Å². The molecular formula is C8H7BrO2. The zero-order valence-electron chi connectivity index (χ0n) is 6.00. The molecule has 0 aliphatic carbocycles. The van der Waals surface area contributed by atoms with E-state index >= 15 is 0 Å². The van der Waals surface area contributed by atoms with Gasteiger partial charge >= 0.3 is 0 Å². The summed E-state index contributed by atoms with van der Waals surface area (Å²) in [5, 5.41) is 0. The van der Waals surface area contributed by atoms with E-state index in [0.717, 1.165) is 16.0 Å². The molecule has 1 aromatic carbocycles. The number of benzene rings is 1. The molecule has 0 spiro atoms. The van der Waals surface area contributed by atoms with E-state index in [1.165, 1.54) is 0 Å². The second-order valence-corrected chi connectivity index (χ2v) is 3.31. The van der Waals surface area contributed by atoms with Gasteiger partial charge in [-0.15, -0.1) is 0 Å². The van der Waals surface area contributed by atoms with Crippen molar-refractivity contribution in [2.75, 3.05) is 0 Å². The first kappa shape index (κ1) is 6.98. The first-order chi connectivity index (χ1) is 5.25. The van der Waals surface area contributed by atoms with Gasteiger partial charge in [0, 0.05) is 11.4 Å². The number of rotatable bonds is 0. The summed E-state index contributed by atoms with van der Waals surface area (Å²) >= 11 is 3.35. The van der Waals surface area contributed by atoms with Gasteiger partial charge in [-0.1, -0.05) is 15.9 Å². The Morgan fingerprint density at radius 2 is 2.00 bits per heavy atom. The fourth-order valence-electron chi connectivity index (χ4n) is 1.05. The second kappa shape index (κ2) is 2.41. The van der Waals surface area contributed by atoms with Gasteiger partial charge in [0.2, 0.25) is 6.29 Å². The maximum absolute atomic E-state index is 5.34. The molecule has 0 bridgehead atoms. The lowest BCUT2D eigenvalue weighted by molar-refractivity contribution is 0.0678. The van der Waals surface area contributed by atoms with Crippen LogP contribution in [0.4, 0.5) is 0 Å². The van der Waals surface area contributed by atoms with Gasteiger partial charge in [-0.05, 0) is 18.2 Å². The molecule has 0 aromatic heterocycles. The van der Waals surface area contributed by atoms with Crippen LogP contribution in [-0.2, 0) is 0 Å². The SMILES string of the molecule is CC1Oc2ccc(Br)cc2O1. The van der Waals surface area contributed by atoms with Crippen LogP contribution in [0.15, 0.2) is 22.7 Å². The molecule has 0 N–H and O–H groups in total. The van der Waals surface area contributed by atoms with Crippen molar-refractivity contribution in [3.63, 3.8) is 0 Å². The molecule has 1 aliphatic rings. The number of ether oxygens (including phenoxy) is 2. The lowest BCUT2D eigenvalue weighted by Gasteiger charge is -1.99. The Balaban J connectivity index is 2.43. The topological polar surface area (TPSA) is 18.5 Å². The summed E-state index contributed by atoms with van der Waals surface area (Å²) in [6.07, 6.45) is -0.153. The number of hydrogen-bond acceptors (Lipinski definition) is 2. The first-order valence-electron chi connectivity index (χ1n) is 3.38. The molecular weight excluding hydrogens is 208 g/mol. The zero-order chi connectivity index (χ0) is 7.84. The third kappa shape index (κ3) is 1.20. The molecule has 0 saturated heterocycles. The van der Waals surface area contributed by atoms with Crippen LogP contribution in [0.25, 0.3) is 0 Å². The lowest BCUT2D eigenvalue weighted by atomic mass is 10.3. The van der Waals surface area contributed by atoms with Crippen molar-refractivity contribution < 1.29 is 9.47 Å². The minimum Gasteiger partial charge on any atom is -0.451 e. The molecule has 2 nitrogen and oxygen atoms in total. The summed E-state index contributed by atoms with van der Waals surface area (Å²) in [6.45, 7) is 1.87. The van der Waals surface area contributed by atoms with Gasteiger partial charge in [-0.3, -0.25) is 0 Å². The predicted octanol–water partition coefficient (Wildman–Crippen LogP) is 2.57. The Labute approximate surface area is 73.3 Å². The van der Waals surface area contributed by atoms with Crippen molar-refractivity contribution >= 4 is 15.9 Å². The Morgan fingerprint density at radius 1 is 1.27 bits per heavy atom. The average Bonchev–Trinajstić information content (AvgIpc) is 2.27. The minimum atomic E-state index is -0.153. The fraction of sp³-hybridized carbons (Fsp3) is 0.250. The molecule has 3 heteroatoms. The smallest absolute Gasteiger partial charge is 0.238 e. The molecule has 1 heterocycles. The highest BCUT2D eigenvalue weighted by atomic mass is 79.9. The van der Waals surface area contributed by atoms with Gasteiger partial charge in [0.05, 0.1) is 0 Å². The second-order valence-electron chi connectivity index (χ2n) is 2.39. The van der Waals surface area contributed by atoms with Crippen molar-refractivity contribution in [1.82, 2.24) is 0 Å². The molecule has 0 saturated carbocycles. The normalized spacial score (nSPS) is 20.4. The Bertz CT molecular complexity index is 285. The Morgan fingerprint density at radius 3 is 2.82 bits per heavy atom. The maximum Gasteiger partial charge on any atom is 0.238 e. The molecule has 2 rings (SSSR count). The number of fused-ring (bicyclic) bond motifs is 1. The van der Waals surface area contributed by atoms with E-state index in [4.69, 9.17) is 9.47 Å². The summed E-state index contributed by atoms with van der Waals surface area (Å²) in [7, 11) is 0. The zero-order valence-corrected chi connectivity index (χ0v) is 7.59. The first-order valence-corrected chi connectivity index (χ1v) is 4.18. The van der Waals surface area contributed by atoms with E-state index in [2.05, 4.69) is 15.9 Å². The molecule has 1 atom stereocenters. The van der Waals surface area contributed by atoms with E-state index in [-0.39, 0.29) is 6.29 Å². The highest BCUT2D eigenvalue weighted by molar-refractivity contribution is 9.10. The number of hydrogen-bond donors (Lipinski definition) is 0. The number of halogens is 1. The quantitative estimate of drug-likeness (QED) is 0.662. The summed E-state index contributed by atoms with van der Waals surface area (Å²) in [5.41, 5.74) is 0. The monoisotopic (exact) mass is 214 g/mol. The fourth-order valence-corrected chi connectivity index (χ4v) is 1.39. The predicted molar refractivity (Wildman–Crippen MR) is 44.9 cm³/mol. The summed E-state index contributed by atoms with van der Waals surface area (Å²) < 4.78 is 11.7. The third-order valence-corrected chi connectivity index (χ3v) is 1.98. The average molecular weight is 215 g/mol. The van der Waals surface area contributed by atoms with Crippen LogP contribution in [0, 0.1) is 0 Å². The van der Waals surface area contributed by atoms with Crippen LogP contribution < -0.4 is 9.47 Å². The molecule has 0 amide bonds. The third-order valence-electron chi connectivity index (χ3n) is 1.49. The molecule has 11 heavy (non-hydrogen) atoms.